The molecule has 4 rings (SSSR count). The number of morpholine rings is 1. The van der Waals surface area contributed by atoms with Crippen molar-refractivity contribution < 1.29 is 13.9 Å². The minimum Gasteiger partial charge on any atom is -0.497 e. The normalized spacial score (nSPS) is 16.5. The van der Waals surface area contributed by atoms with Crippen molar-refractivity contribution in [1.82, 2.24) is 9.88 Å². The molecule has 0 saturated carbocycles. The highest BCUT2D eigenvalue weighted by molar-refractivity contribution is 5.74. The van der Waals surface area contributed by atoms with Crippen LogP contribution in [0.15, 0.2) is 52.9 Å². The summed E-state index contributed by atoms with van der Waals surface area (Å²) in [5, 5.41) is 3.37. The molecule has 1 saturated heterocycles. The number of oxazole rings is 1. The van der Waals surface area contributed by atoms with E-state index in [0.717, 1.165) is 43.2 Å². The second-order valence-electron chi connectivity index (χ2n) is 6.30. The maximum atomic E-state index is 5.79. The Balaban J connectivity index is 1.53. The van der Waals surface area contributed by atoms with E-state index >= 15 is 0 Å². The highest BCUT2D eigenvalue weighted by Crippen LogP contribution is 2.25. The van der Waals surface area contributed by atoms with Crippen molar-refractivity contribution >= 4 is 17.1 Å². The number of methoxy groups -OCH3 is 1. The molecular formula is C20H23N3O3. The molecule has 0 spiro atoms. The summed E-state index contributed by atoms with van der Waals surface area (Å²) in [4.78, 5) is 6.94. The predicted octanol–water partition coefficient (Wildman–Crippen LogP) is 3.32. The fourth-order valence-electron chi connectivity index (χ4n) is 3.30. The number of para-hydroxylation sites is 2. The summed E-state index contributed by atoms with van der Waals surface area (Å²) < 4.78 is 16.6. The van der Waals surface area contributed by atoms with Gasteiger partial charge < -0.3 is 19.2 Å². The van der Waals surface area contributed by atoms with Crippen LogP contribution in [0.25, 0.3) is 11.1 Å². The zero-order valence-electron chi connectivity index (χ0n) is 14.9. The van der Waals surface area contributed by atoms with Crippen LogP contribution >= 0.6 is 0 Å². The second kappa shape index (κ2) is 7.76. The Hall–Kier alpha value is -2.57. The molecule has 1 N–H and O–H groups in total. The number of ether oxygens (including phenoxy) is 2. The lowest BCUT2D eigenvalue weighted by Gasteiger charge is -2.34. The van der Waals surface area contributed by atoms with Crippen LogP contribution in [0.5, 0.6) is 5.75 Å². The van der Waals surface area contributed by atoms with Gasteiger partial charge in [0.15, 0.2) is 5.58 Å². The first kappa shape index (κ1) is 16.9. The topological polar surface area (TPSA) is 59.8 Å². The first-order chi connectivity index (χ1) is 12.8. The smallest absolute Gasteiger partial charge is 0.295 e. The van der Waals surface area contributed by atoms with Gasteiger partial charge in [0.05, 0.1) is 26.4 Å². The van der Waals surface area contributed by atoms with Crippen LogP contribution in [-0.4, -0.2) is 49.8 Å². The summed E-state index contributed by atoms with van der Waals surface area (Å²) in [5.41, 5.74) is 2.89. The average molecular weight is 353 g/mol. The van der Waals surface area contributed by atoms with Crippen molar-refractivity contribution in [3.05, 3.63) is 54.1 Å². The van der Waals surface area contributed by atoms with Crippen molar-refractivity contribution in [1.29, 1.82) is 0 Å². The standard InChI is InChI=1S/C20H23N3O3/c1-24-16-8-6-15(7-9-16)18(23-10-12-25-13-11-23)14-21-20-22-17-4-2-3-5-19(17)26-20/h2-9,18H,10-14H2,1H3,(H,21,22)/t18-/m0/s1. The molecule has 26 heavy (non-hydrogen) atoms. The summed E-state index contributed by atoms with van der Waals surface area (Å²) >= 11 is 0. The molecule has 1 atom stereocenters. The molecule has 6 nitrogen and oxygen atoms in total. The van der Waals surface area contributed by atoms with E-state index in [-0.39, 0.29) is 6.04 Å². The Morgan fingerprint density at radius 3 is 2.62 bits per heavy atom. The van der Waals surface area contributed by atoms with Crippen molar-refractivity contribution in [2.45, 2.75) is 6.04 Å². The summed E-state index contributed by atoms with van der Waals surface area (Å²) in [6.45, 7) is 4.04. The monoisotopic (exact) mass is 353 g/mol. The van der Waals surface area contributed by atoms with Crippen molar-refractivity contribution in [3.63, 3.8) is 0 Å². The van der Waals surface area contributed by atoms with Crippen molar-refractivity contribution in [3.8, 4) is 5.75 Å². The van der Waals surface area contributed by atoms with E-state index in [1.807, 2.05) is 36.4 Å². The fourth-order valence-corrected chi connectivity index (χ4v) is 3.30. The predicted molar refractivity (Wildman–Crippen MR) is 101 cm³/mol. The molecule has 1 aromatic heterocycles. The average Bonchev–Trinajstić information content (AvgIpc) is 3.12. The highest BCUT2D eigenvalue weighted by atomic mass is 16.5. The first-order valence-electron chi connectivity index (χ1n) is 8.89. The SMILES string of the molecule is COc1ccc([C@H](CNc2nc3ccccc3o2)N2CCOCC2)cc1. The molecule has 2 heterocycles. The molecule has 1 aliphatic heterocycles. The van der Waals surface area contributed by atoms with Gasteiger partial charge in [-0.2, -0.15) is 4.98 Å². The Kier molecular flexibility index (Phi) is 5.04. The van der Waals surface area contributed by atoms with Crippen LogP contribution in [-0.2, 0) is 4.74 Å². The molecule has 0 aliphatic carbocycles. The molecule has 2 aromatic carbocycles. The van der Waals surface area contributed by atoms with Crippen LogP contribution in [0.3, 0.4) is 0 Å². The first-order valence-corrected chi connectivity index (χ1v) is 8.89. The van der Waals surface area contributed by atoms with E-state index in [0.29, 0.717) is 12.6 Å². The molecule has 3 aromatic rings. The Labute approximate surface area is 152 Å². The molecule has 1 aliphatic rings. The summed E-state index contributed by atoms with van der Waals surface area (Å²) in [7, 11) is 1.68. The van der Waals surface area contributed by atoms with Gasteiger partial charge in [0.1, 0.15) is 11.3 Å². The van der Waals surface area contributed by atoms with Gasteiger partial charge in [-0.15, -0.1) is 0 Å². The third-order valence-corrected chi connectivity index (χ3v) is 4.73. The Morgan fingerprint density at radius 1 is 1.12 bits per heavy atom. The third kappa shape index (κ3) is 3.66. The third-order valence-electron chi connectivity index (χ3n) is 4.73. The highest BCUT2D eigenvalue weighted by Gasteiger charge is 2.23. The molecule has 1 fully saturated rings. The van der Waals surface area contributed by atoms with E-state index < -0.39 is 0 Å². The molecule has 136 valence electrons. The van der Waals surface area contributed by atoms with Gasteiger partial charge in [-0.3, -0.25) is 4.90 Å². The molecule has 0 unspecified atom stereocenters. The van der Waals surface area contributed by atoms with Crippen LogP contribution in [0.4, 0.5) is 6.01 Å². The second-order valence-corrected chi connectivity index (χ2v) is 6.30. The number of anilines is 1. The van der Waals surface area contributed by atoms with Gasteiger partial charge in [0, 0.05) is 19.6 Å². The zero-order valence-corrected chi connectivity index (χ0v) is 14.9. The van der Waals surface area contributed by atoms with E-state index in [2.05, 4.69) is 27.3 Å². The minimum absolute atomic E-state index is 0.208. The van der Waals surface area contributed by atoms with Crippen LogP contribution in [0.2, 0.25) is 0 Å². The molecule has 0 radical (unpaired) electrons. The van der Waals surface area contributed by atoms with E-state index in [9.17, 15) is 0 Å². The number of nitrogens with zero attached hydrogens (tertiary/aromatic N) is 2. The van der Waals surface area contributed by atoms with Gasteiger partial charge >= 0.3 is 0 Å². The summed E-state index contributed by atoms with van der Waals surface area (Å²) in [6, 6.07) is 16.8. The number of benzene rings is 2. The Bertz CT molecular complexity index is 808. The van der Waals surface area contributed by atoms with E-state index in [1.54, 1.807) is 7.11 Å². The van der Waals surface area contributed by atoms with Gasteiger partial charge in [-0.1, -0.05) is 24.3 Å². The molecule has 6 heteroatoms. The van der Waals surface area contributed by atoms with Gasteiger partial charge in [0.2, 0.25) is 0 Å². The number of fused-ring (bicyclic) bond motifs is 1. The lowest BCUT2D eigenvalue weighted by molar-refractivity contribution is 0.0186. The number of nitrogens with one attached hydrogen (secondary N) is 1. The van der Waals surface area contributed by atoms with Crippen LogP contribution < -0.4 is 10.1 Å². The van der Waals surface area contributed by atoms with Crippen LogP contribution in [0.1, 0.15) is 11.6 Å². The zero-order chi connectivity index (χ0) is 17.8. The minimum atomic E-state index is 0.208. The number of aromatic nitrogens is 1. The quantitative estimate of drug-likeness (QED) is 0.734. The summed E-state index contributed by atoms with van der Waals surface area (Å²) in [5.74, 6) is 0.862. The van der Waals surface area contributed by atoms with Crippen molar-refractivity contribution in [2.24, 2.45) is 0 Å². The number of hydrogen-bond acceptors (Lipinski definition) is 6. The number of hydrogen-bond donors (Lipinski definition) is 1. The van der Waals surface area contributed by atoms with Gasteiger partial charge in [-0.05, 0) is 29.8 Å². The summed E-state index contributed by atoms with van der Waals surface area (Å²) in [6.07, 6.45) is 0. The molecular weight excluding hydrogens is 330 g/mol. The molecule has 0 bridgehead atoms. The molecule has 0 amide bonds. The van der Waals surface area contributed by atoms with Gasteiger partial charge in [0.25, 0.3) is 6.01 Å². The lowest BCUT2D eigenvalue weighted by atomic mass is 10.0. The maximum absolute atomic E-state index is 5.79. The van der Waals surface area contributed by atoms with Crippen molar-refractivity contribution in [2.75, 3.05) is 45.3 Å². The number of rotatable bonds is 6. The fraction of sp³-hybridized carbons (Fsp3) is 0.350. The largest absolute Gasteiger partial charge is 0.497 e. The Morgan fingerprint density at radius 2 is 1.88 bits per heavy atom. The van der Waals surface area contributed by atoms with E-state index in [4.69, 9.17) is 13.9 Å². The van der Waals surface area contributed by atoms with Crippen LogP contribution in [0, 0.1) is 0 Å². The van der Waals surface area contributed by atoms with E-state index in [1.165, 1.54) is 5.56 Å². The van der Waals surface area contributed by atoms with Gasteiger partial charge in [-0.25, -0.2) is 0 Å². The maximum Gasteiger partial charge on any atom is 0.295 e. The lowest BCUT2D eigenvalue weighted by Crippen LogP contribution is -2.41.